The molecule has 3 nitrogen and oxygen atoms in total. The van der Waals surface area contributed by atoms with Crippen LogP contribution < -0.4 is 0 Å². The predicted molar refractivity (Wildman–Crippen MR) is 58.0 cm³/mol. The van der Waals surface area contributed by atoms with E-state index in [1.54, 1.807) is 21.7 Å². The lowest BCUT2D eigenvalue weighted by molar-refractivity contribution is -0.131. The van der Waals surface area contributed by atoms with Crippen molar-refractivity contribution in [2.45, 2.75) is 26.8 Å². The van der Waals surface area contributed by atoms with Gasteiger partial charge in [0.25, 0.3) is 0 Å². The van der Waals surface area contributed by atoms with Crippen LogP contribution in [0.3, 0.4) is 0 Å². The van der Waals surface area contributed by atoms with Crippen LogP contribution in [0.25, 0.3) is 0 Å². The highest BCUT2D eigenvalue weighted by Gasteiger charge is 2.11. The molecule has 0 saturated carbocycles. The van der Waals surface area contributed by atoms with Gasteiger partial charge in [0.05, 0.1) is 17.7 Å². The number of hydrogen-bond donors (Lipinski definition) is 0. The van der Waals surface area contributed by atoms with E-state index in [-0.39, 0.29) is 5.91 Å². The number of amides is 1. The third-order valence-corrected chi connectivity index (χ3v) is 2.53. The third kappa shape index (κ3) is 3.46. The molecular weight excluding hydrogens is 196 g/mol. The van der Waals surface area contributed by atoms with Gasteiger partial charge < -0.3 is 4.90 Å². The van der Waals surface area contributed by atoms with E-state index in [0.29, 0.717) is 18.9 Å². The SMILES string of the molecule is CC(C)CC(=O)N(C)Cc1cscn1. The van der Waals surface area contributed by atoms with Crippen molar-refractivity contribution in [3.63, 3.8) is 0 Å². The molecule has 1 rings (SSSR count). The largest absolute Gasteiger partial charge is 0.340 e. The molecule has 0 aromatic carbocycles. The fourth-order valence-corrected chi connectivity index (χ4v) is 1.70. The quantitative estimate of drug-likeness (QED) is 0.766. The van der Waals surface area contributed by atoms with Crippen molar-refractivity contribution in [1.82, 2.24) is 9.88 Å². The number of nitrogens with zero attached hydrogens (tertiary/aromatic N) is 2. The highest BCUT2D eigenvalue weighted by molar-refractivity contribution is 7.07. The van der Waals surface area contributed by atoms with E-state index >= 15 is 0 Å². The Bertz CT molecular complexity index is 282. The Morgan fingerprint density at radius 3 is 2.86 bits per heavy atom. The molecule has 0 atom stereocenters. The summed E-state index contributed by atoms with van der Waals surface area (Å²) in [5, 5.41) is 1.97. The number of carbonyl (C=O) groups is 1. The van der Waals surface area contributed by atoms with Crippen molar-refractivity contribution in [3.05, 3.63) is 16.6 Å². The second kappa shape index (κ2) is 5.10. The summed E-state index contributed by atoms with van der Waals surface area (Å²) in [6.07, 6.45) is 0.612. The van der Waals surface area contributed by atoms with Crippen LogP contribution in [0.15, 0.2) is 10.9 Å². The lowest BCUT2D eigenvalue weighted by Gasteiger charge is -2.16. The highest BCUT2D eigenvalue weighted by Crippen LogP contribution is 2.07. The fraction of sp³-hybridized carbons (Fsp3) is 0.600. The lowest BCUT2D eigenvalue weighted by Crippen LogP contribution is -2.27. The van der Waals surface area contributed by atoms with Crippen LogP contribution in [-0.2, 0) is 11.3 Å². The van der Waals surface area contributed by atoms with Crippen LogP contribution in [0.1, 0.15) is 26.0 Å². The van der Waals surface area contributed by atoms with Gasteiger partial charge in [-0.1, -0.05) is 13.8 Å². The Kier molecular flexibility index (Phi) is 4.07. The third-order valence-electron chi connectivity index (χ3n) is 1.89. The summed E-state index contributed by atoms with van der Waals surface area (Å²) >= 11 is 1.56. The van der Waals surface area contributed by atoms with Gasteiger partial charge in [0.2, 0.25) is 5.91 Å². The molecular formula is C10H16N2OS. The zero-order valence-electron chi connectivity index (χ0n) is 8.86. The normalized spacial score (nSPS) is 10.6. The molecule has 14 heavy (non-hydrogen) atoms. The second-order valence-corrected chi connectivity index (χ2v) is 4.55. The molecule has 0 aliphatic carbocycles. The number of thiazole rings is 1. The Labute approximate surface area is 88.8 Å². The summed E-state index contributed by atoms with van der Waals surface area (Å²) in [6.45, 7) is 4.72. The Morgan fingerprint density at radius 1 is 1.64 bits per heavy atom. The molecule has 1 heterocycles. The summed E-state index contributed by atoms with van der Waals surface area (Å²) in [5.74, 6) is 0.605. The van der Waals surface area contributed by atoms with Gasteiger partial charge in [-0.3, -0.25) is 4.79 Å². The van der Waals surface area contributed by atoms with Crippen molar-refractivity contribution in [2.75, 3.05) is 7.05 Å². The first-order valence-corrected chi connectivity index (χ1v) is 5.65. The predicted octanol–water partition coefficient (Wildman–Crippen LogP) is 2.15. The fourth-order valence-electron chi connectivity index (χ4n) is 1.15. The summed E-state index contributed by atoms with van der Waals surface area (Å²) in [5.41, 5.74) is 2.76. The smallest absolute Gasteiger partial charge is 0.222 e. The van der Waals surface area contributed by atoms with Crippen LogP contribution in [0.2, 0.25) is 0 Å². The molecule has 1 aromatic heterocycles. The van der Waals surface area contributed by atoms with Gasteiger partial charge in [-0.25, -0.2) is 4.98 Å². The number of rotatable bonds is 4. The Morgan fingerprint density at radius 2 is 2.36 bits per heavy atom. The summed E-state index contributed by atoms with van der Waals surface area (Å²) in [7, 11) is 1.82. The maximum atomic E-state index is 11.6. The van der Waals surface area contributed by atoms with Crippen molar-refractivity contribution in [1.29, 1.82) is 0 Å². The Balaban J connectivity index is 2.42. The molecule has 0 radical (unpaired) electrons. The minimum absolute atomic E-state index is 0.188. The van der Waals surface area contributed by atoms with Gasteiger partial charge in [0.1, 0.15) is 0 Å². The first kappa shape index (κ1) is 11.2. The average Bonchev–Trinajstić information content (AvgIpc) is 2.55. The van der Waals surface area contributed by atoms with Gasteiger partial charge in [0, 0.05) is 18.8 Å². The van der Waals surface area contributed by atoms with E-state index in [4.69, 9.17) is 0 Å². The summed E-state index contributed by atoms with van der Waals surface area (Å²) < 4.78 is 0. The van der Waals surface area contributed by atoms with E-state index in [0.717, 1.165) is 5.69 Å². The van der Waals surface area contributed by atoms with E-state index in [2.05, 4.69) is 18.8 Å². The molecule has 0 spiro atoms. The topological polar surface area (TPSA) is 33.2 Å². The molecule has 1 aromatic rings. The average molecular weight is 212 g/mol. The minimum Gasteiger partial charge on any atom is -0.340 e. The molecule has 0 unspecified atom stereocenters. The first-order chi connectivity index (χ1) is 6.59. The minimum atomic E-state index is 0.188. The van der Waals surface area contributed by atoms with E-state index < -0.39 is 0 Å². The van der Waals surface area contributed by atoms with Gasteiger partial charge in [-0.05, 0) is 5.92 Å². The molecule has 1 amide bonds. The van der Waals surface area contributed by atoms with E-state index in [1.807, 2.05) is 12.4 Å². The van der Waals surface area contributed by atoms with Crippen molar-refractivity contribution in [2.24, 2.45) is 5.92 Å². The van der Waals surface area contributed by atoms with Gasteiger partial charge in [-0.15, -0.1) is 11.3 Å². The lowest BCUT2D eigenvalue weighted by atomic mass is 10.1. The molecule has 0 fully saturated rings. The molecule has 78 valence electrons. The first-order valence-electron chi connectivity index (χ1n) is 4.70. The Hall–Kier alpha value is -0.900. The standard InChI is InChI=1S/C10H16N2OS/c1-8(2)4-10(13)12(3)5-9-6-14-7-11-9/h6-8H,4-5H2,1-3H3. The molecule has 0 aliphatic rings. The van der Waals surface area contributed by atoms with Crippen molar-refractivity contribution < 1.29 is 4.79 Å². The summed E-state index contributed by atoms with van der Waals surface area (Å²) in [4.78, 5) is 17.5. The van der Waals surface area contributed by atoms with Crippen LogP contribution in [0, 0.1) is 5.92 Å². The molecule has 0 saturated heterocycles. The maximum Gasteiger partial charge on any atom is 0.222 e. The maximum absolute atomic E-state index is 11.6. The van der Waals surface area contributed by atoms with Crippen molar-refractivity contribution in [3.8, 4) is 0 Å². The number of carbonyl (C=O) groups excluding carboxylic acids is 1. The number of aromatic nitrogens is 1. The number of hydrogen-bond acceptors (Lipinski definition) is 3. The molecule has 0 N–H and O–H groups in total. The van der Waals surface area contributed by atoms with Gasteiger partial charge in [0.15, 0.2) is 0 Å². The van der Waals surface area contributed by atoms with Crippen LogP contribution >= 0.6 is 11.3 Å². The van der Waals surface area contributed by atoms with Gasteiger partial charge >= 0.3 is 0 Å². The molecule has 4 heteroatoms. The van der Waals surface area contributed by atoms with E-state index in [9.17, 15) is 4.79 Å². The monoisotopic (exact) mass is 212 g/mol. The highest BCUT2D eigenvalue weighted by atomic mass is 32.1. The van der Waals surface area contributed by atoms with Crippen LogP contribution in [0.4, 0.5) is 0 Å². The van der Waals surface area contributed by atoms with E-state index in [1.165, 1.54) is 0 Å². The zero-order valence-corrected chi connectivity index (χ0v) is 9.67. The van der Waals surface area contributed by atoms with Crippen LogP contribution in [-0.4, -0.2) is 22.8 Å². The van der Waals surface area contributed by atoms with Gasteiger partial charge in [-0.2, -0.15) is 0 Å². The molecule has 0 bridgehead atoms. The molecule has 0 aliphatic heterocycles. The summed E-state index contributed by atoms with van der Waals surface area (Å²) in [6, 6.07) is 0. The van der Waals surface area contributed by atoms with Crippen LogP contribution in [0.5, 0.6) is 0 Å². The zero-order chi connectivity index (χ0) is 10.6. The second-order valence-electron chi connectivity index (χ2n) is 3.83. The van der Waals surface area contributed by atoms with Crippen molar-refractivity contribution >= 4 is 17.2 Å².